The lowest BCUT2D eigenvalue weighted by Crippen LogP contribution is -2.61. The fourth-order valence-electron chi connectivity index (χ4n) is 4.98. The Balaban J connectivity index is 1.68. The van der Waals surface area contributed by atoms with Gasteiger partial charge in [-0.15, -0.1) is 0 Å². The molecule has 0 aromatic rings. The summed E-state index contributed by atoms with van der Waals surface area (Å²) >= 11 is 0. The molecule has 7 atom stereocenters. The van der Waals surface area contributed by atoms with Crippen LogP contribution in [0.15, 0.2) is 23.3 Å². The zero-order valence-electron chi connectivity index (χ0n) is 15.3. The van der Waals surface area contributed by atoms with Crippen molar-refractivity contribution in [3.05, 3.63) is 23.3 Å². The Kier molecular flexibility index (Phi) is 3.66. The largest absolute Gasteiger partial charge is 0.458 e. The molecule has 3 heterocycles. The van der Waals surface area contributed by atoms with E-state index in [1.807, 2.05) is 20.8 Å². The van der Waals surface area contributed by atoms with E-state index in [1.54, 1.807) is 0 Å². The lowest BCUT2D eigenvalue weighted by molar-refractivity contribution is -0.262. The number of hydrogen-bond donors (Lipinski definition) is 0. The molecule has 2 aliphatic carbocycles. The molecule has 0 unspecified atom stereocenters. The fourth-order valence-corrected chi connectivity index (χ4v) is 4.98. The Bertz CT molecular complexity index is 692. The Morgan fingerprint density at radius 3 is 2.88 bits per heavy atom. The molecule has 5 rings (SSSR count). The molecule has 136 valence electrons. The van der Waals surface area contributed by atoms with Crippen LogP contribution < -0.4 is 0 Å². The van der Waals surface area contributed by atoms with Crippen LogP contribution in [0.5, 0.6) is 0 Å². The van der Waals surface area contributed by atoms with Crippen molar-refractivity contribution in [1.82, 2.24) is 0 Å². The molecule has 0 amide bonds. The van der Waals surface area contributed by atoms with Gasteiger partial charge in [0.05, 0.1) is 11.8 Å². The minimum Gasteiger partial charge on any atom is -0.458 e. The predicted molar refractivity (Wildman–Crippen MR) is 90.5 cm³/mol. The molecule has 1 saturated carbocycles. The van der Waals surface area contributed by atoms with Gasteiger partial charge in [0.1, 0.15) is 17.8 Å². The second kappa shape index (κ2) is 5.44. The molecular formula is C20H26O5. The van der Waals surface area contributed by atoms with E-state index in [0.29, 0.717) is 5.57 Å². The van der Waals surface area contributed by atoms with E-state index in [2.05, 4.69) is 13.5 Å². The van der Waals surface area contributed by atoms with Crippen LogP contribution in [0.3, 0.4) is 0 Å². The van der Waals surface area contributed by atoms with Gasteiger partial charge in [-0.1, -0.05) is 26.0 Å². The minimum atomic E-state index is -0.622. The van der Waals surface area contributed by atoms with Crippen molar-refractivity contribution in [1.29, 1.82) is 0 Å². The third-order valence-electron chi connectivity index (χ3n) is 6.74. The Hall–Kier alpha value is -1.62. The number of allylic oxidation sites excluding steroid dienone is 1. The fraction of sp³-hybridized carbons (Fsp3) is 0.700. The highest BCUT2D eigenvalue weighted by Gasteiger charge is 2.73. The normalized spacial score (nSPS) is 43.0. The van der Waals surface area contributed by atoms with Crippen LogP contribution in [0.1, 0.15) is 47.0 Å². The molecule has 0 spiro atoms. The molecule has 0 aromatic carbocycles. The standard InChI is InChI=1S/C20H26O5/c1-6-9(2)18(21)24-17-16-13-10(3)7-8-12-11(4)19(22)23-15(12)14(13)20(17,5)25-16/h9,12,14-17H,4,6-8H2,1-3,5H3/t9-,12+,14+,15-,16+,17+,20-/m1/s1. The van der Waals surface area contributed by atoms with Gasteiger partial charge < -0.3 is 14.2 Å². The second-order valence-corrected chi connectivity index (χ2v) is 8.14. The third kappa shape index (κ3) is 2.11. The summed E-state index contributed by atoms with van der Waals surface area (Å²) in [5.41, 5.74) is 2.40. The lowest BCUT2D eigenvalue weighted by atomic mass is 9.78. The van der Waals surface area contributed by atoms with Gasteiger partial charge in [0.2, 0.25) is 0 Å². The van der Waals surface area contributed by atoms with E-state index in [1.165, 1.54) is 11.1 Å². The topological polar surface area (TPSA) is 61.8 Å². The summed E-state index contributed by atoms with van der Waals surface area (Å²) in [6, 6.07) is 0. The number of carbonyl (C=O) groups excluding carboxylic acids is 2. The van der Waals surface area contributed by atoms with Gasteiger partial charge in [-0.2, -0.15) is 0 Å². The van der Waals surface area contributed by atoms with Crippen molar-refractivity contribution in [3.63, 3.8) is 0 Å². The van der Waals surface area contributed by atoms with Crippen molar-refractivity contribution >= 4 is 11.9 Å². The van der Waals surface area contributed by atoms with Gasteiger partial charge >= 0.3 is 11.9 Å². The highest BCUT2D eigenvalue weighted by atomic mass is 16.6. The number of ether oxygens (including phenoxy) is 3. The van der Waals surface area contributed by atoms with Gasteiger partial charge in [0, 0.05) is 11.5 Å². The van der Waals surface area contributed by atoms with Crippen LogP contribution >= 0.6 is 0 Å². The minimum absolute atomic E-state index is 0.0237. The van der Waals surface area contributed by atoms with E-state index < -0.39 is 5.60 Å². The smallest absolute Gasteiger partial charge is 0.334 e. The zero-order chi connectivity index (χ0) is 18.1. The molecule has 5 heteroatoms. The summed E-state index contributed by atoms with van der Waals surface area (Å²) < 4.78 is 17.7. The van der Waals surface area contributed by atoms with Crippen molar-refractivity contribution in [3.8, 4) is 0 Å². The van der Waals surface area contributed by atoms with E-state index in [9.17, 15) is 9.59 Å². The van der Waals surface area contributed by atoms with Gasteiger partial charge in [-0.25, -0.2) is 4.79 Å². The van der Waals surface area contributed by atoms with E-state index in [4.69, 9.17) is 14.2 Å². The zero-order valence-corrected chi connectivity index (χ0v) is 15.3. The summed E-state index contributed by atoms with van der Waals surface area (Å²) in [6.07, 6.45) is 1.77. The molecule has 0 radical (unpaired) electrons. The molecule has 5 nitrogen and oxygen atoms in total. The van der Waals surface area contributed by atoms with E-state index in [0.717, 1.165) is 19.3 Å². The highest BCUT2D eigenvalue weighted by Crippen LogP contribution is 2.62. The van der Waals surface area contributed by atoms with Gasteiger partial charge in [-0.3, -0.25) is 4.79 Å². The van der Waals surface area contributed by atoms with Crippen LogP contribution in [0.25, 0.3) is 0 Å². The summed E-state index contributed by atoms with van der Waals surface area (Å²) in [4.78, 5) is 24.4. The summed E-state index contributed by atoms with van der Waals surface area (Å²) in [5.74, 6) is -0.625. The van der Waals surface area contributed by atoms with Gasteiger partial charge in [0.25, 0.3) is 0 Å². The van der Waals surface area contributed by atoms with Crippen molar-refractivity contribution < 1.29 is 23.8 Å². The average molecular weight is 346 g/mol. The molecule has 3 aliphatic heterocycles. The summed E-state index contributed by atoms with van der Waals surface area (Å²) in [5, 5.41) is 0. The van der Waals surface area contributed by atoms with Crippen molar-refractivity contribution in [2.75, 3.05) is 0 Å². The average Bonchev–Trinajstić information content (AvgIpc) is 3.09. The first-order valence-corrected chi connectivity index (χ1v) is 9.27. The molecule has 5 aliphatic rings. The van der Waals surface area contributed by atoms with Crippen LogP contribution in [0.4, 0.5) is 0 Å². The second-order valence-electron chi connectivity index (χ2n) is 8.14. The quantitative estimate of drug-likeness (QED) is 0.447. The molecule has 25 heavy (non-hydrogen) atoms. The molecular weight excluding hydrogens is 320 g/mol. The number of carbonyl (C=O) groups is 2. The molecule has 4 fully saturated rings. The maximum Gasteiger partial charge on any atom is 0.334 e. The monoisotopic (exact) mass is 346 g/mol. The van der Waals surface area contributed by atoms with Crippen molar-refractivity contribution in [2.45, 2.75) is 70.9 Å². The SMILES string of the molecule is C=C1C(=O)O[C@@H]2[C@H]1CCC(C)=C1[C@@H]3O[C@@](C)([C@H]3OC(=O)[C@H](C)CC)[C@@H]12. The number of fused-ring (bicyclic) bond motifs is 1. The number of esters is 2. The van der Waals surface area contributed by atoms with Gasteiger partial charge in [-0.05, 0) is 38.7 Å². The first-order valence-electron chi connectivity index (χ1n) is 9.27. The first kappa shape index (κ1) is 16.8. The van der Waals surface area contributed by atoms with Crippen LogP contribution in [-0.2, 0) is 23.8 Å². The molecule has 0 N–H and O–H groups in total. The maximum atomic E-state index is 12.3. The maximum absolute atomic E-state index is 12.3. The van der Waals surface area contributed by atoms with Gasteiger partial charge in [0.15, 0.2) is 6.10 Å². The third-order valence-corrected chi connectivity index (χ3v) is 6.74. The molecule has 0 aromatic heterocycles. The van der Waals surface area contributed by atoms with Crippen LogP contribution in [0.2, 0.25) is 0 Å². The lowest BCUT2D eigenvalue weighted by Gasteiger charge is -2.46. The molecule has 3 saturated heterocycles. The summed E-state index contributed by atoms with van der Waals surface area (Å²) in [7, 11) is 0. The van der Waals surface area contributed by atoms with E-state index in [-0.39, 0.29) is 48.0 Å². The Morgan fingerprint density at radius 2 is 2.20 bits per heavy atom. The van der Waals surface area contributed by atoms with Crippen LogP contribution in [0, 0.1) is 17.8 Å². The summed E-state index contributed by atoms with van der Waals surface area (Å²) in [6.45, 7) is 11.9. The first-order chi connectivity index (χ1) is 11.8. The van der Waals surface area contributed by atoms with E-state index >= 15 is 0 Å². The Morgan fingerprint density at radius 1 is 1.48 bits per heavy atom. The number of hydrogen-bond acceptors (Lipinski definition) is 5. The predicted octanol–water partition coefficient (Wildman–Crippen LogP) is 2.94. The van der Waals surface area contributed by atoms with Crippen LogP contribution in [-0.4, -0.2) is 35.9 Å². The number of rotatable bonds is 3. The van der Waals surface area contributed by atoms with Crippen molar-refractivity contribution in [2.24, 2.45) is 17.8 Å². The Labute approximate surface area is 148 Å². The highest BCUT2D eigenvalue weighted by molar-refractivity contribution is 5.91. The molecule has 2 bridgehead atoms.